The number of pyridine rings is 1. The van der Waals surface area contributed by atoms with Crippen LogP contribution in [0.3, 0.4) is 0 Å². The van der Waals surface area contributed by atoms with E-state index in [1.54, 1.807) is 13.4 Å². The molecule has 10 heteroatoms. The van der Waals surface area contributed by atoms with Gasteiger partial charge in [-0.3, -0.25) is 9.59 Å². The number of hydrogen-bond donors (Lipinski definition) is 3. The second-order valence-corrected chi connectivity index (χ2v) is 6.15. The largest absolute Gasteiger partial charge is 0.371 e. The van der Waals surface area contributed by atoms with Crippen molar-refractivity contribution in [2.24, 2.45) is 7.05 Å². The number of carbonyl (C=O) groups excluding carboxylic acids is 2. The van der Waals surface area contributed by atoms with Gasteiger partial charge in [0.15, 0.2) is 10.8 Å². The second kappa shape index (κ2) is 6.40. The van der Waals surface area contributed by atoms with Crippen LogP contribution in [0.1, 0.15) is 16.7 Å². The highest BCUT2D eigenvalue weighted by atomic mass is 32.1. The number of nitrogens with one attached hydrogen (secondary N) is 3. The quantitative estimate of drug-likeness (QED) is 0.579. The maximum absolute atomic E-state index is 12.2. The van der Waals surface area contributed by atoms with Gasteiger partial charge in [-0.2, -0.15) is 0 Å². The fraction of sp³-hybridized carbons (Fsp3) is 0.357. The van der Waals surface area contributed by atoms with E-state index in [1.165, 1.54) is 18.3 Å². The number of hydrogen-bond acceptors (Lipinski definition) is 7. The molecule has 0 atom stereocenters. The Morgan fingerprint density at radius 1 is 1.21 bits per heavy atom. The number of nitrogens with zero attached hydrogens (tertiary/aromatic N) is 4. The van der Waals surface area contributed by atoms with Crippen LogP contribution in [-0.4, -0.2) is 51.5 Å². The van der Waals surface area contributed by atoms with Crippen molar-refractivity contribution in [2.45, 2.75) is 6.92 Å². The van der Waals surface area contributed by atoms with E-state index >= 15 is 0 Å². The third-order valence-electron chi connectivity index (χ3n) is 3.42. The maximum Gasteiger partial charge on any atom is 0.280 e. The molecule has 2 amide bonds. The lowest BCUT2D eigenvalue weighted by Crippen LogP contribution is -2.33. The van der Waals surface area contributed by atoms with Crippen molar-refractivity contribution >= 4 is 50.3 Å². The van der Waals surface area contributed by atoms with Crippen molar-refractivity contribution < 1.29 is 9.59 Å². The van der Waals surface area contributed by atoms with E-state index in [2.05, 4.69) is 30.9 Å². The molecule has 0 aliphatic carbocycles. The van der Waals surface area contributed by atoms with Crippen LogP contribution in [-0.2, 0) is 11.8 Å². The van der Waals surface area contributed by atoms with Gasteiger partial charge in [-0.15, -0.1) is 0 Å². The van der Waals surface area contributed by atoms with E-state index in [0.717, 1.165) is 11.0 Å². The van der Waals surface area contributed by atoms with Crippen LogP contribution >= 0.6 is 11.3 Å². The molecule has 0 saturated heterocycles. The van der Waals surface area contributed by atoms with Gasteiger partial charge < -0.3 is 20.5 Å². The van der Waals surface area contributed by atoms with Crippen LogP contribution in [0.5, 0.6) is 0 Å². The molecule has 0 aliphatic heterocycles. The number of fused-ring (bicyclic) bond motifs is 3. The van der Waals surface area contributed by atoms with Gasteiger partial charge in [0.2, 0.25) is 5.91 Å². The zero-order chi connectivity index (χ0) is 17.3. The molecule has 0 spiro atoms. The lowest BCUT2D eigenvalue weighted by Gasteiger charge is -2.03. The number of aryl methyl sites for hydroxylation is 1. The van der Waals surface area contributed by atoms with E-state index in [1.807, 2.05) is 11.6 Å². The van der Waals surface area contributed by atoms with Gasteiger partial charge in [-0.25, -0.2) is 15.0 Å². The number of carbonyl (C=O) groups is 2. The molecule has 24 heavy (non-hydrogen) atoms. The van der Waals surface area contributed by atoms with Gasteiger partial charge in [-0.1, -0.05) is 11.3 Å². The summed E-state index contributed by atoms with van der Waals surface area (Å²) in [6.45, 7) is 2.14. The maximum atomic E-state index is 12.2. The lowest BCUT2D eigenvalue weighted by atomic mass is 10.3. The van der Waals surface area contributed by atoms with E-state index in [9.17, 15) is 9.59 Å². The smallest absolute Gasteiger partial charge is 0.280 e. The number of imidazole rings is 1. The van der Waals surface area contributed by atoms with Gasteiger partial charge in [0, 0.05) is 34.1 Å². The van der Waals surface area contributed by atoms with Crippen LogP contribution < -0.4 is 16.0 Å². The molecular formula is C14H17N7O2S. The highest BCUT2D eigenvalue weighted by Crippen LogP contribution is 2.30. The van der Waals surface area contributed by atoms with Crippen LogP contribution in [0.15, 0.2) is 6.33 Å². The normalized spacial score (nSPS) is 11.0. The zero-order valence-electron chi connectivity index (χ0n) is 13.5. The van der Waals surface area contributed by atoms with E-state index in [4.69, 9.17) is 0 Å². The average molecular weight is 347 g/mol. The Labute approximate surface area is 141 Å². The summed E-state index contributed by atoms with van der Waals surface area (Å²) in [7, 11) is 3.65. The van der Waals surface area contributed by atoms with E-state index < -0.39 is 0 Å². The molecule has 3 heterocycles. The molecular weight excluding hydrogens is 330 g/mol. The first-order chi connectivity index (χ1) is 11.5. The van der Waals surface area contributed by atoms with Gasteiger partial charge in [0.25, 0.3) is 5.91 Å². The summed E-state index contributed by atoms with van der Waals surface area (Å²) in [6, 6.07) is 0. The number of thiazole rings is 1. The molecule has 0 unspecified atom stereocenters. The third kappa shape index (κ3) is 2.87. The molecule has 0 fully saturated rings. The van der Waals surface area contributed by atoms with Gasteiger partial charge >= 0.3 is 0 Å². The van der Waals surface area contributed by atoms with Crippen molar-refractivity contribution in [1.82, 2.24) is 30.2 Å². The molecule has 3 rings (SSSR count). The van der Waals surface area contributed by atoms with Crippen LogP contribution in [0, 0.1) is 0 Å². The summed E-state index contributed by atoms with van der Waals surface area (Å²) in [5, 5.41) is 8.70. The summed E-state index contributed by atoms with van der Waals surface area (Å²) in [6.07, 6.45) is 1.69. The summed E-state index contributed by atoms with van der Waals surface area (Å²) < 4.78 is 1.86. The van der Waals surface area contributed by atoms with Crippen LogP contribution in [0.2, 0.25) is 0 Å². The Morgan fingerprint density at radius 2 is 1.96 bits per heavy atom. The molecule has 3 aromatic rings. The first kappa shape index (κ1) is 16.1. The first-order valence-corrected chi connectivity index (χ1v) is 8.15. The Hall–Kier alpha value is -2.75. The van der Waals surface area contributed by atoms with Crippen LogP contribution in [0.4, 0.5) is 5.82 Å². The predicted molar refractivity (Wildman–Crippen MR) is 92.3 cm³/mol. The molecule has 0 radical (unpaired) electrons. The molecule has 0 bridgehead atoms. The topological polar surface area (TPSA) is 114 Å². The van der Waals surface area contributed by atoms with Crippen molar-refractivity contribution in [3.8, 4) is 0 Å². The predicted octanol–water partition coefficient (Wildman–Crippen LogP) is 0.486. The minimum Gasteiger partial charge on any atom is -0.371 e. The Balaban J connectivity index is 1.91. The molecule has 3 aromatic heterocycles. The highest BCUT2D eigenvalue weighted by molar-refractivity contribution is 7.20. The second-order valence-electron chi connectivity index (χ2n) is 5.17. The standard InChI is InChI=1S/C14H17N7O2S/c1-7(22)16-4-5-17-12(23)14-19-9-10-8(18-6-21(10)3)11(15-2)20-13(9)24-14/h6H,4-5H2,1-3H3,(H,15,20)(H,16,22)(H,17,23). The average Bonchev–Trinajstić information content (AvgIpc) is 3.14. The van der Waals surface area contributed by atoms with Crippen molar-refractivity contribution in [3.63, 3.8) is 0 Å². The van der Waals surface area contributed by atoms with Crippen molar-refractivity contribution in [2.75, 3.05) is 25.5 Å². The number of amides is 2. The number of aromatic nitrogens is 4. The van der Waals surface area contributed by atoms with Gasteiger partial charge in [0.1, 0.15) is 21.4 Å². The summed E-state index contributed by atoms with van der Waals surface area (Å²) in [5.41, 5.74) is 2.20. The van der Waals surface area contributed by atoms with E-state index in [0.29, 0.717) is 34.3 Å². The summed E-state index contributed by atoms with van der Waals surface area (Å²) in [4.78, 5) is 37.0. The third-order valence-corrected chi connectivity index (χ3v) is 4.37. The number of anilines is 1. The van der Waals surface area contributed by atoms with Gasteiger partial charge in [-0.05, 0) is 0 Å². The lowest BCUT2D eigenvalue weighted by molar-refractivity contribution is -0.118. The fourth-order valence-corrected chi connectivity index (χ4v) is 3.20. The first-order valence-electron chi connectivity index (χ1n) is 7.33. The Kier molecular flexibility index (Phi) is 4.30. The Morgan fingerprint density at radius 3 is 2.67 bits per heavy atom. The molecule has 0 aromatic carbocycles. The molecule has 3 N–H and O–H groups in total. The van der Waals surface area contributed by atoms with Gasteiger partial charge in [0.05, 0.1) is 6.33 Å². The molecule has 0 aliphatic rings. The monoisotopic (exact) mass is 347 g/mol. The highest BCUT2D eigenvalue weighted by Gasteiger charge is 2.19. The minimum atomic E-state index is -0.287. The summed E-state index contributed by atoms with van der Waals surface area (Å²) in [5.74, 6) is 0.232. The van der Waals surface area contributed by atoms with E-state index in [-0.39, 0.29) is 11.8 Å². The fourth-order valence-electron chi connectivity index (χ4n) is 2.34. The SMILES string of the molecule is CNc1nc2sc(C(=O)NCCNC(C)=O)nc2c2c1ncn2C. The zero-order valence-corrected chi connectivity index (χ0v) is 14.3. The Bertz CT molecular complexity index is 930. The minimum absolute atomic E-state index is 0.133. The molecule has 126 valence electrons. The van der Waals surface area contributed by atoms with Crippen molar-refractivity contribution in [1.29, 1.82) is 0 Å². The van der Waals surface area contributed by atoms with Crippen LogP contribution in [0.25, 0.3) is 21.4 Å². The van der Waals surface area contributed by atoms with Crippen molar-refractivity contribution in [3.05, 3.63) is 11.3 Å². The molecule has 0 saturated carbocycles. The molecule has 9 nitrogen and oxygen atoms in total. The number of rotatable bonds is 5. The summed E-state index contributed by atoms with van der Waals surface area (Å²) >= 11 is 1.22.